The van der Waals surface area contributed by atoms with E-state index in [2.05, 4.69) is 16.0 Å². The molecule has 4 rings (SSSR count). The van der Waals surface area contributed by atoms with Gasteiger partial charge in [0, 0.05) is 18.7 Å². The Bertz CT molecular complexity index is 1150. The number of thiazole rings is 1. The maximum absolute atomic E-state index is 12.0. The highest BCUT2D eigenvalue weighted by atomic mass is 32.2. The minimum absolute atomic E-state index is 0.135. The number of ether oxygens (including phenoxy) is 1. The maximum atomic E-state index is 12.0. The monoisotopic (exact) mass is 427 g/mol. The molecule has 2 aromatic carbocycles. The zero-order valence-corrected chi connectivity index (χ0v) is 17.4. The summed E-state index contributed by atoms with van der Waals surface area (Å²) in [7, 11) is 0. The first-order valence-corrected chi connectivity index (χ1v) is 11.3. The Morgan fingerprint density at radius 3 is 2.86 bits per heavy atom. The predicted molar refractivity (Wildman–Crippen MR) is 118 cm³/mol. The van der Waals surface area contributed by atoms with E-state index in [0.717, 1.165) is 33.1 Å². The molecule has 29 heavy (non-hydrogen) atoms. The molecule has 2 heterocycles. The second-order valence-corrected chi connectivity index (χ2v) is 8.95. The number of carbonyl (C=O) groups is 1. The standard InChI is InChI=1S/C21H21N3O3S2/c25-19(11-5-14-28-21-23-16-8-2-4-10-18(16)29-21)27-13-6-12-24-17-9-3-1-7-15(17)22-20(24)26/h1-4,7-10H,5-6,11-14H2,(H,22,26). The number of esters is 1. The van der Waals surface area contributed by atoms with Gasteiger partial charge in [0.2, 0.25) is 0 Å². The van der Waals surface area contributed by atoms with Crippen LogP contribution in [0.4, 0.5) is 0 Å². The van der Waals surface area contributed by atoms with E-state index in [1.54, 1.807) is 27.7 Å². The van der Waals surface area contributed by atoms with Crippen LogP contribution in [0.15, 0.2) is 57.7 Å². The normalized spacial score (nSPS) is 11.3. The fraction of sp³-hybridized carbons (Fsp3) is 0.286. The van der Waals surface area contributed by atoms with Gasteiger partial charge in [0.25, 0.3) is 0 Å². The van der Waals surface area contributed by atoms with Crippen molar-refractivity contribution < 1.29 is 9.53 Å². The van der Waals surface area contributed by atoms with Crippen molar-refractivity contribution in [1.29, 1.82) is 0 Å². The number of rotatable bonds is 9. The molecule has 2 aromatic heterocycles. The highest BCUT2D eigenvalue weighted by molar-refractivity contribution is 8.01. The summed E-state index contributed by atoms with van der Waals surface area (Å²) >= 11 is 3.35. The van der Waals surface area contributed by atoms with Gasteiger partial charge in [-0.15, -0.1) is 11.3 Å². The van der Waals surface area contributed by atoms with Gasteiger partial charge in [-0.2, -0.15) is 0 Å². The Labute approximate surface area is 175 Å². The number of nitrogens with one attached hydrogen (secondary N) is 1. The van der Waals surface area contributed by atoms with Gasteiger partial charge in [0.05, 0.1) is 27.9 Å². The SMILES string of the molecule is O=C(CCCSc1nc2ccccc2s1)OCCCn1c(=O)[nH]c2ccccc21. The minimum atomic E-state index is -0.193. The first-order valence-electron chi connectivity index (χ1n) is 9.52. The first-order chi connectivity index (χ1) is 14.2. The van der Waals surface area contributed by atoms with Crippen molar-refractivity contribution in [3.8, 4) is 0 Å². The molecule has 6 nitrogen and oxygen atoms in total. The Balaban J connectivity index is 1.15. The number of fused-ring (bicyclic) bond motifs is 2. The molecule has 1 N–H and O–H groups in total. The average Bonchev–Trinajstić information content (AvgIpc) is 3.28. The van der Waals surface area contributed by atoms with E-state index in [4.69, 9.17) is 4.74 Å². The summed E-state index contributed by atoms with van der Waals surface area (Å²) in [5.41, 5.74) is 2.58. The van der Waals surface area contributed by atoms with Crippen LogP contribution in [0.25, 0.3) is 21.3 Å². The van der Waals surface area contributed by atoms with Crippen LogP contribution < -0.4 is 5.69 Å². The highest BCUT2D eigenvalue weighted by Gasteiger charge is 2.08. The number of imidazole rings is 1. The number of aromatic nitrogens is 3. The Morgan fingerprint density at radius 1 is 1.14 bits per heavy atom. The van der Waals surface area contributed by atoms with E-state index < -0.39 is 0 Å². The highest BCUT2D eigenvalue weighted by Crippen LogP contribution is 2.29. The lowest BCUT2D eigenvalue weighted by atomic mass is 10.3. The molecular formula is C21H21N3O3S2. The summed E-state index contributed by atoms with van der Waals surface area (Å²) in [5, 5.41) is 0. The maximum Gasteiger partial charge on any atom is 0.326 e. The molecule has 0 amide bonds. The topological polar surface area (TPSA) is 77.0 Å². The third-order valence-electron chi connectivity index (χ3n) is 4.50. The molecule has 0 saturated heterocycles. The van der Waals surface area contributed by atoms with Crippen molar-refractivity contribution in [3.63, 3.8) is 0 Å². The van der Waals surface area contributed by atoms with Gasteiger partial charge in [-0.1, -0.05) is 36.0 Å². The van der Waals surface area contributed by atoms with Crippen molar-refractivity contribution in [2.24, 2.45) is 0 Å². The van der Waals surface area contributed by atoms with Crippen LogP contribution >= 0.6 is 23.1 Å². The number of para-hydroxylation sites is 3. The van der Waals surface area contributed by atoms with Crippen LogP contribution in [0, 0.1) is 0 Å². The number of thioether (sulfide) groups is 1. The van der Waals surface area contributed by atoms with Crippen molar-refractivity contribution in [2.45, 2.75) is 30.1 Å². The van der Waals surface area contributed by atoms with Gasteiger partial charge in [-0.05, 0) is 37.1 Å². The van der Waals surface area contributed by atoms with E-state index in [1.807, 2.05) is 42.5 Å². The second-order valence-electron chi connectivity index (χ2n) is 6.57. The van der Waals surface area contributed by atoms with Crippen LogP contribution in [0.3, 0.4) is 0 Å². The zero-order valence-electron chi connectivity index (χ0n) is 15.8. The molecule has 0 fully saturated rings. The van der Waals surface area contributed by atoms with Crippen molar-refractivity contribution in [3.05, 3.63) is 59.0 Å². The molecular weight excluding hydrogens is 406 g/mol. The van der Waals surface area contributed by atoms with Crippen LogP contribution in [0.2, 0.25) is 0 Å². The number of aryl methyl sites for hydroxylation is 1. The molecule has 4 aromatic rings. The van der Waals surface area contributed by atoms with Crippen molar-refractivity contribution in [1.82, 2.24) is 14.5 Å². The number of H-pyrrole nitrogens is 1. The molecule has 8 heteroatoms. The van der Waals surface area contributed by atoms with Crippen molar-refractivity contribution in [2.75, 3.05) is 12.4 Å². The van der Waals surface area contributed by atoms with E-state index >= 15 is 0 Å². The Hall–Kier alpha value is -2.58. The molecule has 0 aliphatic carbocycles. The largest absolute Gasteiger partial charge is 0.466 e. The second kappa shape index (κ2) is 9.28. The lowest BCUT2D eigenvalue weighted by molar-refractivity contribution is -0.143. The van der Waals surface area contributed by atoms with Gasteiger partial charge >= 0.3 is 11.7 Å². The summed E-state index contributed by atoms with van der Waals surface area (Å²) in [6, 6.07) is 15.7. The molecule has 0 bridgehead atoms. The predicted octanol–water partition coefficient (Wildman–Crippen LogP) is 4.45. The quantitative estimate of drug-likeness (QED) is 0.243. The van der Waals surface area contributed by atoms with Gasteiger partial charge in [-0.25, -0.2) is 9.78 Å². The first kappa shape index (κ1) is 19.7. The lowest BCUT2D eigenvalue weighted by Crippen LogP contribution is -2.18. The summed E-state index contributed by atoms with van der Waals surface area (Å²) in [6.45, 7) is 0.833. The van der Waals surface area contributed by atoms with Crippen LogP contribution in [-0.4, -0.2) is 32.9 Å². The summed E-state index contributed by atoms with van der Waals surface area (Å²) < 4.78 is 9.20. The van der Waals surface area contributed by atoms with Crippen LogP contribution in [0.1, 0.15) is 19.3 Å². The Kier molecular flexibility index (Phi) is 6.31. The van der Waals surface area contributed by atoms with Crippen LogP contribution in [0.5, 0.6) is 0 Å². The molecule has 150 valence electrons. The molecule has 0 radical (unpaired) electrons. The number of nitrogens with zero attached hydrogens (tertiary/aromatic N) is 2. The number of aromatic amines is 1. The van der Waals surface area contributed by atoms with E-state index in [9.17, 15) is 9.59 Å². The number of carbonyl (C=O) groups excluding carboxylic acids is 1. The fourth-order valence-corrected chi connectivity index (χ4v) is 5.18. The zero-order chi connectivity index (χ0) is 20.1. The number of benzene rings is 2. The summed E-state index contributed by atoms with van der Waals surface area (Å²) in [4.78, 5) is 31.3. The molecule has 0 atom stereocenters. The summed E-state index contributed by atoms with van der Waals surface area (Å²) in [5.74, 6) is 0.640. The van der Waals surface area contributed by atoms with Gasteiger partial charge in [0.15, 0.2) is 4.34 Å². The van der Waals surface area contributed by atoms with Crippen molar-refractivity contribution >= 4 is 50.3 Å². The third kappa shape index (κ3) is 4.89. The van der Waals surface area contributed by atoms with E-state index in [1.165, 1.54) is 4.70 Å². The smallest absolute Gasteiger partial charge is 0.326 e. The van der Waals surface area contributed by atoms with Gasteiger partial charge in [0.1, 0.15) is 0 Å². The average molecular weight is 428 g/mol. The molecule has 0 spiro atoms. The molecule has 0 unspecified atom stereocenters. The number of hydrogen-bond donors (Lipinski definition) is 1. The lowest BCUT2D eigenvalue weighted by Gasteiger charge is -2.06. The molecule has 0 saturated carbocycles. The van der Waals surface area contributed by atoms with Crippen LogP contribution in [-0.2, 0) is 16.1 Å². The number of hydrogen-bond acceptors (Lipinski definition) is 6. The molecule has 0 aliphatic heterocycles. The molecule has 0 aliphatic rings. The minimum Gasteiger partial charge on any atom is -0.466 e. The van der Waals surface area contributed by atoms with Gasteiger partial charge < -0.3 is 9.72 Å². The summed E-state index contributed by atoms with van der Waals surface area (Å²) in [6.07, 6.45) is 1.75. The van der Waals surface area contributed by atoms with E-state index in [-0.39, 0.29) is 11.7 Å². The fourth-order valence-electron chi connectivity index (χ4n) is 3.10. The van der Waals surface area contributed by atoms with E-state index in [0.29, 0.717) is 26.0 Å². The third-order valence-corrected chi connectivity index (χ3v) is 6.76. The Morgan fingerprint density at radius 2 is 1.97 bits per heavy atom. The van der Waals surface area contributed by atoms with Gasteiger partial charge in [-0.3, -0.25) is 9.36 Å².